The predicted molar refractivity (Wildman–Crippen MR) is 176 cm³/mol. The van der Waals surface area contributed by atoms with E-state index in [-0.39, 0.29) is 42.3 Å². The predicted octanol–water partition coefficient (Wildman–Crippen LogP) is 8.94. The summed E-state index contributed by atoms with van der Waals surface area (Å²) in [6.45, 7) is 41.9. The molecule has 0 heterocycles. The Bertz CT molecular complexity index is 942. The van der Waals surface area contributed by atoms with Gasteiger partial charge in [0.15, 0.2) is 0 Å². The van der Waals surface area contributed by atoms with Gasteiger partial charge in [0.25, 0.3) is 0 Å². The van der Waals surface area contributed by atoms with Gasteiger partial charge in [-0.2, -0.15) is 16.7 Å². The fraction of sp³-hybridized carbons (Fsp3) is 0.594. The molecule has 5 heteroatoms. The first-order chi connectivity index (χ1) is 16.0. The summed E-state index contributed by atoms with van der Waals surface area (Å²) < 4.78 is 6.11. The molecule has 0 N–H and O–H groups in total. The van der Waals surface area contributed by atoms with Gasteiger partial charge >= 0.3 is 36.9 Å². The molecule has 0 saturated heterocycles. The van der Waals surface area contributed by atoms with Crippen molar-refractivity contribution in [3.8, 4) is 5.75 Å². The molecule has 0 aliphatic rings. The van der Waals surface area contributed by atoms with Gasteiger partial charge in [-0.1, -0.05) is 124 Å². The molecular formula is C32H59LuOSi3. The maximum absolute atomic E-state index is 6.11. The Balaban J connectivity index is 0. The van der Waals surface area contributed by atoms with Crippen LogP contribution in [-0.4, -0.2) is 31.3 Å². The number of rotatable bonds is 5. The van der Waals surface area contributed by atoms with Gasteiger partial charge in [-0.3, -0.25) is 0 Å². The normalized spacial score (nSPS) is 12.1. The maximum atomic E-state index is 6.11. The Hall–Kier alpha value is 0.254. The van der Waals surface area contributed by atoms with Crippen LogP contribution in [0.25, 0.3) is 0 Å². The molecule has 0 aliphatic heterocycles. The van der Waals surface area contributed by atoms with E-state index in [1.54, 1.807) is 5.19 Å². The van der Waals surface area contributed by atoms with Crippen LogP contribution in [0.5, 0.6) is 5.75 Å². The second-order valence-corrected chi connectivity index (χ2v) is 28.9. The third-order valence-electron chi connectivity index (χ3n) is 6.24. The van der Waals surface area contributed by atoms with Crippen LogP contribution in [0.1, 0.15) is 62.4 Å². The molecule has 0 amide bonds. The summed E-state index contributed by atoms with van der Waals surface area (Å²) in [5, 5.41) is 3.13. The Morgan fingerprint density at radius 3 is 1.49 bits per heavy atom. The number of benzene rings is 1. The van der Waals surface area contributed by atoms with E-state index in [0.717, 1.165) is 5.75 Å². The monoisotopic (exact) mass is 718 g/mol. The average molecular weight is 719 g/mol. The van der Waals surface area contributed by atoms with Gasteiger partial charge in [0, 0.05) is 0 Å². The van der Waals surface area contributed by atoms with Crippen molar-refractivity contribution in [2.24, 2.45) is 0 Å². The summed E-state index contributed by atoms with van der Waals surface area (Å²) in [6, 6.07) is 9.54. The van der Waals surface area contributed by atoms with Gasteiger partial charge < -0.3 is 17.8 Å². The number of ether oxygens (including phenoxy) is 1. The van der Waals surface area contributed by atoms with Crippen LogP contribution in [0.2, 0.25) is 51.4 Å². The van der Waals surface area contributed by atoms with Crippen LogP contribution in [0.3, 0.4) is 0 Å². The number of methoxy groups -OCH3 is 1. The molecular weight excluding hydrogens is 660 g/mol. The summed E-state index contributed by atoms with van der Waals surface area (Å²) in [7, 11) is -1.77. The van der Waals surface area contributed by atoms with Crippen LogP contribution in [-0.2, 0) is 5.41 Å². The SMILES string of the molecule is CC[Si](CC)(c1cc(C)cc(C(C)(C)C)c1OC)[c-]1c(C)cc(C)c1C.[CH2-][Si](C)(C)C.[CH2-][Si](C)(C)C.[Lu+3]. The molecule has 0 aromatic heterocycles. The van der Waals surface area contributed by atoms with Gasteiger partial charge in [-0.25, -0.2) is 6.07 Å². The largest absolute Gasteiger partial charge is 3.00 e. The standard InChI is InChI=1S/C24H37OSi.2C4H11Si.Lu/c1-11-26(12-2,23-18(5)15-17(4)19(23)6)21-14-16(3)13-20(22(21)25-10)24(7,8)9;2*1-5(2,3)4;/h13-15H,11-12H2,1-10H3;2*1H2,2-4H3;/q3*-1;+3. The molecule has 220 valence electrons. The van der Waals surface area contributed by atoms with Crippen molar-refractivity contribution < 1.29 is 41.6 Å². The van der Waals surface area contributed by atoms with Crippen molar-refractivity contribution in [2.75, 3.05) is 7.11 Å². The summed E-state index contributed by atoms with van der Waals surface area (Å²) in [5.41, 5.74) is 7.16. The molecule has 1 nitrogen and oxygen atoms in total. The fourth-order valence-corrected chi connectivity index (χ4v) is 9.91. The van der Waals surface area contributed by atoms with Crippen LogP contribution >= 0.6 is 0 Å². The fourth-order valence-electron chi connectivity index (χ4n) is 4.76. The zero-order chi connectivity index (χ0) is 28.9. The van der Waals surface area contributed by atoms with E-state index in [4.69, 9.17) is 4.74 Å². The molecule has 2 aromatic carbocycles. The number of aryl methyl sites for hydroxylation is 3. The Morgan fingerprint density at radius 2 is 1.22 bits per heavy atom. The van der Waals surface area contributed by atoms with Gasteiger partial charge in [0.1, 0.15) is 5.75 Å². The number of hydrogen-bond donors (Lipinski definition) is 0. The van der Waals surface area contributed by atoms with E-state index in [9.17, 15) is 0 Å². The van der Waals surface area contributed by atoms with Crippen LogP contribution in [0, 0.1) is 77.7 Å². The summed E-state index contributed by atoms with van der Waals surface area (Å²) in [6.07, 6.45) is 0. The third-order valence-corrected chi connectivity index (χ3v) is 11.8. The van der Waals surface area contributed by atoms with Gasteiger partial charge in [-0.15, -0.1) is 21.3 Å². The minimum absolute atomic E-state index is 0. The molecule has 0 atom stereocenters. The summed E-state index contributed by atoms with van der Waals surface area (Å²) in [5.74, 6) is 1.14. The molecule has 0 bridgehead atoms. The Kier molecular flexibility index (Phi) is 16.3. The second kappa shape index (κ2) is 15.3. The van der Waals surface area contributed by atoms with Crippen molar-refractivity contribution in [3.05, 3.63) is 59.1 Å². The van der Waals surface area contributed by atoms with Crippen LogP contribution < -0.4 is 15.1 Å². The molecule has 0 radical (unpaired) electrons. The van der Waals surface area contributed by atoms with Gasteiger partial charge in [0.05, 0.1) is 15.2 Å². The average Bonchev–Trinajstić information content (AvgIpc) is 2.92. The third kappa shape index (κ3) is 12.5. The van der Waals surface area contributed by atoms with E-state index in [1.165, 1.54) is 45.1 Å². The molecule has 0 fully saturated rings. The van der Waals surface area contributed by atoms with Crippen molar-refractivity contribution in [3.63, 3.8) is 0 Å². The van der Waals surface area contributed by atoms with Crippen molar-refractivity contribution in [1.29, 1.82) is 0 Å². The van der Waals surface area contributed by atoms with Crippen LogP contribution in [0.15, 0.2) is 18.2 Å². The molecule has 0 unspecified atom stereocenters. The van der Waals surface area contributed by atoms with E-state index >= 15 is 0 Å². The van der Waals surface area contributed by atoms with E-state index < -0.39 is 24.2 Å². The minimum atomic E-state index is -1.90. The topological polar surface area (TPSA) is 9.23 Å². The molecule has 37 heavy (non-hydrogen) atoms. The second-order valence-electron chi connectivity index (χ2n) is 14.1. The Morgan fingerprint density at radius 1 is 0.811 bits per heavy atom. The summed E-state index contributed by atoms with van der Waals surface area (Å²) >= 11 is 0. The molecule has 0 aliphatic carbocycles. The zero-order valence-corrected chi connectivity index (χ0v) is 31.9. The van der Waals surface area contributed by atoms with E-state index in [0.29, 0.717) is 0 Å². The summed E-state index contributed by atoms with van der Waals surface area (Å²) in [4.78, 5) is 0. The molecule has 2 rings (SSSR count). The first-order valence-corrected chi connectivity index (χ1v) is 23.5. The molecule has 2 aromatic rings. The van der Waals surface area contributed by atoms with Gasteiger partial charge in [-0.05, 0) is 23.1 Å². The molecule has 0 saturated carbocycles. The quantitative estimate of drug-likeness (QED) is 0.222. The zero-order valence-electron chi connectivity index (χ0n) is 27.2. The van der Waals surface area contributed by atoms with Crippen molar-refractivity contribution in [2.45, 2.75) is 119 Å². The minimum Gasteiger partial charge on any atom is -0.497 e. The maximum Gasteiger partial charge on any atom is 3.00 e. The Labute approximate surface area is 265 Å². The van der Waals surface area contributed by atoms with Gasteiger partial charge in [0.2, 0.25) is 0 Å². The number of hydrogen-bond acceptors (Lipinski definition) is 1. The first kappa shape index (κ1) is 39.4. The van der Waals surface area contributed by atoms with E-state index in [1.807, 2.05) is 7.11 Å². The van der Waals surface area contributed by atoms with Crippen LogP contribution in [0.4, 0.5) is 0 Å². The smallest absolute Gasteiger partial charge is 0.497 e. The first-order valence-electron chi connectivity index (χ1n) is 13.7. The van der Waals surface area contributed by atoms with E-state index in [2.05, 4.69) is 133 Å². The molecule has 0 spiro atoms. The van der Waals surface area contributed by atoms with Crippen molar-refractivity contribution >= 4 is 34.6 Å². The van der Waals surface area contributed by atoms with Crippen molar-refractivity contribution in [1.82, 2.24) is 0 Å².